The summed E-state index contributed by atoms with van der Waals surface area (Å²) < 4.78 is 0. The van der Waals surface area contributed by atoms with E-state index in [0.717, 1.165) is 0 Å². The average molecular weight is 264 g/mol. The van der Waals surface area contributed by atoms with Gasteiger partial charge in [-0.1, -0.05) is 74.5 Å². The van der Waals surface area contributed by atoms with Crippen molar-refractivity contribution in [3.8, 4) is 0 Å². The molecule has 20 heavy (non-hydrogen) atoms. The van der Waals surface area contributed by atoms with Crippen LogP contribution in [-0.2, 0) is 4.79 Å². The van der Waals surface area contributed by atoms with Crippen molar-refractivity contribution in [2.75, 3.05) is 0 Å². The lowest BCUT2D eigenvalue weighted by atomic mass is 10.0. The van der Waals surface area contributed by atoms with Gasteiger partial charge in [0.25, 0.3) is 0 Å². The van der Waals surface area contributed by atoms with Gasteiger partial charge in [-0.25, -0.2) is 0 Å². The molecule has 3 rings (SSSR count). The highest BCUT2D eigenvalue weighted by atomic mass is 16.1. The fraction of sp³-hybridized carbons (Fsp3) is 0.211. The number of benzene rings is 3. The largest absolute Gasteiger partial charge is 0.300 e. The molecule has 3 aromatic carbocycles. The van der Waals surface area contributed by atoms with Gasteiger partial charge in [0, 0.05) is 12.8 Å². The van der Waals surface area contributed by atoms with Crippen LogP contribution in [0.5, 0.6) is 0 Å². The Hall–Kier alpha value is -2.15. The van der Waals surface area contributed by atoms with Gasteiger partial charge in [0.05, 0.1) is 0 Å². The molecule has 0 aliphatic heterocycles. The van der Waals surface area contributed by atoms with Gasteiger partial charge >= 0.3 is 0 Å². The molecule has 0 N–H and O–H groups in total. The van der Waals surface area contributed by atoms with Crippen molar-refractivity contribution in [1.29, 1.82) is 0 Å². The summed E-state index contributed by atoms with van der Waals surface area (Å²) in [6, 6.07) is 21.4. The van der Waals surface area contributed by atoms with E-state index in [4.69, 9.17) is 0 Å². The summed E-state index contributed by atoms with van der Waals surface area (Å²) >= 11 is 0. The summed E-state index contributed by atoms with van der Waals surface area (Å²) in [6.45, 7) is 3.76. The van der Waals surface area contributed by atoms with Crippen LogP contribution < -0.4 is 0 Å². The number of hydrogen-bond donors (Lipinski definition) is 0. The van der Waals surface area contributed by atoms with E-state index in [1.807, 2.05) is 13.8 Å². The maximum atomic E-state index is 10.2. The Balaban J connectivity index is 0.000000212. The second-order valence-corrected chi connectivity index (χ2v) is 4.75. The van der Waals surface area contributed by atoms with Crippen LogP contribution in [0.15, 0.2) is 60.7 Å². The molecule has 3 aromatic rings. The fourth-order valence-electron chi connectivity index (χ4n) is 2.20. The minimum atomic E-state index is 0.343. The third-order valence-electron chi connectivity index (χ3n) is 3.44. The molecular weight excluding hydrogens is 244 g/mol. The topological polar surface area (TPSA) is 17.1 Å². The molecule has 0 unspecified atom stereocenters. The summed E-state index contributed by atoms with van der Waals surface area (Å²) in [7, 11) is 0. The number of fused-ring (bicyclic) bond motifs is 3. The van der Waals surface area contributed by atoms with Gasteiger partial charge in [0.2, 0.25) is 0 Å². The van der Waals surface area contributed by atoms with Crippen LogP contribution in [0.3, 0.4) is 0 Å². The smallest absolute Gasteiger partial charge is 0.132 e. The Morgan fingerprint density at radius 1 is 0.700 bits per heavy atom. The van der Waals surface area contributed by atoms with Gasteiger partial charge in [-0.15, -0.1) is 0 Å². The van der Waals surface area contributed by atoms with Crippen molar-refractivity contribution in [3.05, 3.63) is 60.7 Å². The number of carbonyl (C=O) groups excluding carboxylic acids is 1. The minimum absolute atomic E-state index is 0.343. The summed E-state index contributed by atoms with van der Waals surface area (Å²) in [5.74, 6) is 0.343. The summed E-state index contributed by atoms with van der Waals surface area (Å²) in [5, 5.41) is 5.30. The fourth-order valence-corrected chi connectivity index (χ4v) is 2.20. The maximum Gasteiger partial charge on any atom is 0.132 e. The minimum Gasteiger partial charge on any atom is -0.300 e. The average Bonchev–Trinajstić information content (AvgIpc) is 2.54. The molecule has 0 atom stereocenters. The van der Waals surface area contributed by atoms with Crippen LogP contribution in [0.1, 0.15) is 26.7 Å². The van der Waals surface area contributed by atoms with Crippen LogP contribution in [0.4, 0.5) is 0 Å². The molecule has 1 heteroatoms. The molecule has 0 fully saturated rings. The highest BCUT2D eigenvalue weighted by Gasteiger charge is 1.97. The normalized spacial score (nSPS) is 10.1. The first-order chi connectivity index (χ1) is 9.76. The Labute approximate surface area is 120 Å². The van der Waals surface area contributed by atoms with E-state index in [-0.39, 0.29) is 0 Å². The molecule has 0 spiro atoms. The second kappa shape index (κ2) is 6.85. The second-order valence-electron chi connectivity index (χ2n) is 4.75. The molecule has 0 radical (unpaired) electrons. The molecule has 1 nitrogen and oxygen atoms in total. The third-order valence-corrected chi connectivity index (χ3v) is 3.44. The van der Waals surface area contributed by atoms with E-state index in [1.54, 1.807) is 0 Å². The summed E-state index contributed by atoms with van der Waals surface area (Å²) in [6.07, 6.45) is 1.38. The predicted molar refractivity (Wildman–Crippen MR) is 87.0 cm³/mol. The molecule has 0 amide bonds. The van der Waals surface area contributed by atoms with Gasteiger partial charge in [0.1, 0.15) is 5.78 Å². The first kappa shape index (κ1) is 14.3. The number of hydrogen-bond acceptors (Lipinski definition) is 1. The highest BCUT2D eigenvalue weighted by Crippen LogP contribution is 2.24. The van der Waals surface area contributed by atoms with Crippen LogP contribution in [-0.4, -0.2) is 5.78 Å². The van der Waals surface area contributed by atoms with Crippen molar-refractivity contribution in [3.63, 3.8) is 0 Å². The number of ketones is 1. The first-order valence-corrected chi connectivity index (χ1v) is 7.14. The molecule has 0 bridgehead atoms. The van der Waals surface area contributed by atoms with E-state index in [1.165, 1.54) is 21.5 Å². The molecule has 102 valence electrons. The van der Waals surface area contributed by atoms with Gasteiger partial charge in [-0.05, 0) is 21.5 Å². The zero-order chi connectivity index (χ0) is 14.4. The molecule has 0 aliphatic rings. The van der Waals surface area contributed by atoms with Crippen LogP contribution >= 0.6 is 0 Å². The number of rotatable bonds is 2. The monoisotopic (exact) mass is 264 g/mol. The summed E-state index contributed by atoms with van der Waals surface area (Å²) in [5.41, 5.74) is 0. The Morgan fingerprint density at radius 2 is 1.10 bits per heavy atom. The summed E-state index contributed by atoms with van der Waals surface area (Å²) in [4.78, 5) is 10.2. The van der Waals surface area contributed by atoms with Crippen molar-refractivity contribution >= 4 is 27.3 Å². The van der Waals surface area contributed by atoms with Gasteiger partial charge in [0.15, 0.2) is 0 Å². The Bertz CT molecular complexity index is 652. The van der Waals surface area contributed by atoms with E-state index >= 15 is 0 Å². The Morgan fingerprint density at radius 3 is 1.45 bits per heavy atom. The van der Waals surface area contributed by atoms with Crippen molar-refractivity contribution in [2.24, 2.45) is 0 Å². The third kappa shape index (κ3) is 3.24. The van der Waals surface area contributed by atoms with Crippen molar-refractivity contribution in [2.45, 2.75) is 26.7 Å². The molecule has 0 heterocycles. The van der Waals surface area contributed by atoms with Crippen LogP contribution in [0.25, 0.3) is 21.5 Å². The van der Waals surface area contributed by atoms with Gasteiger partial charge < -0.3 is 0 Å². The van der Waals surface area contributed by atoms with E-state index in [9.17, 15) is 4.79 Å². The predicted octanol–water partition coefficient (Wildman–Crippen LogP) is 5.37. The lowest BCUT2D eigenvalue weighted by molar-refractivity contribution is -0.118. The highest BCUT2D eigenvalue weighted by molar-refractivity contribution is 6.07. The zero-order valence-electron chi connectivity index (χ0n) is 12.1. The van der Waals surface area contributed by atoms with E-state index in [2.05, 4.69) is 60.7 Å². The first-order valence-electron chi connectivity index (χ1n) is 7.14. The molecule has 0 saturated heterocycles. The number of carbonyl (C=O) groups is 1. The van der Waals surface area contributed by atoms with Gasteiger partial charge in [-0.2, -0.15) is 0 Å². The van der Waals surface area contributed by atoms with Crippen molar-refractivity contribution in [1.82, 2.24) is 0 Å². The lowest BCUT2D eigenvalue weighted by Gasteiger charge is -2.02. The van der Waals surface area contributed by atoms with Crippen LogP contribution in [0.2, 0.25) is 0 Å². The van der Waals surface area contributed by atoms with E-state index in [0.29, 0.717) is 18.6 Å². The standard InChI is InChI=1S/C14H10.C5H10O/c1-3-7-13-11(5-1)9-10-12-6-2-4-8-14(12)13;1-3-5(6)4-2/h1-10H;3-4H2,1-2H3. The quantitative estimate of drug-likeness (QED) is 0.569. The van der Waals surface area contributed by atoms with Crippen LogP contribution in [0, 0.1) is 0 Å². The Kier molecular flexibility index (Phi) is 4.89. The molecule has 0 aliphatic carbocycles. The van der Waals surface area contributed by atoms with Crippen molar-refractivity contribution < 1.29 is 4.79 Å². The molecule has 0 aromatic heterocycles. The number of Topliss-reactive ketones (excluding diaryl/α,β-unsaturated/α-hetero) is 1. The molecular formula is C19H20O. The molecule has 0 saturated carbocycles. The van der Waals surface area contributed by atoms with E-state index < -0.39 is 0 Å². The maximum absolute atomic E-state index is 10.2. The SMILES string of the molecule is CCC(=O)CC.c1ccc2c(c1)ccc1ccccc12. The zero-order valence-corrected chi connectivity index (χ0v) is 12.1. The van der Waals surface area contributed by atoms with Gasteiger partial charge in [-0.3, -0.25) is 4.79 Å². The lowest BCUT2D eigenvalue weighted by Crippen LogP contribution is -1.88.